The van der Waals surface area contributed by atoms with Crippen molar-refractivity contribution >= 4 is 5.97 Å². The summed E-state index contributed by atoms with van der Waals surface area (Å²) in [5.41, 5.74) is 0.425. The zero-order valence-electron chi connectivity index (χ0n) is 10.6. The van der Waals surface area contributed by atoms with Gasteiger partial charge in [0, 0.05) is 5.69 Å². The topological polar surface area (TPSA) is 48.4 Å². The lowest BCUT2D eigenvalue weighted by Crippen LogP contribution is -2.21. The van der Waals surface area contributed by atoms with E-state index < -0.39 is 18.8 Å². The van der Waals surface area contributed by atoms with Gasteiger partial charge in [0.05, 0.1) is 6.61 Å². The SMILES string of the molecule is CCOC(=O)c1ccc(CC)nc1OCC(F)(F)F. The average Bonchev–Trinajstić information content (AvgIpc) is 2.35. The molecule has 7 heteroatoms. The molecule has 0 radical (unpaired) electrons. The van der Waals surface area contributed by atoms with Crippen molar-refractivity contribution in [3.05, 3.63) is 23.4 Å². The van der Waals surface area contributed by atoms with E-state index in [1.807, 2.05) is 0 Å². The molecule has 4 nitrogen and oxygen atoms in total. The highest BCUT2D eigenvalue weighted by Gasteiger charge is 2.30. The molecule has 0 saturated carbocycles. The predicted molar refractivity (Wildman–Crippen MR) is 61.1 cm³/mol. The van der Waals surface area contributed by atoms with E-state index >= 15 is 0 Å². The first-order chi connectivity index (χ1) is 8.87. The summed E-state index contributed by atoms with van der Waals surface area (Å²) < 4.78 is 45.7. The molecule has 0 amide bonds. The lowest BCUT2D eigenvalue weighted by atomic mass is 10.2. The van der Waals surface area contributed by atoms with Gasteiger partial charge in [-0.05, 0) is 25.5 Å². The molecule has 0 saturated heterocycles. The smallest absolute Gasteiger partial charge is 0.422 e. The van der Waals surface area contributed by atoms with Crippen molar-refractivity contribution in [3.8, 4) is 5.88 Å². The number of hydrogen-bond acceptors (Lipinski definition) is 4. The molecule has 0 N–H and O–H groups in total. The van der Waals surface area contributed by atoms with E-state index in [-0.39, 0.29) is 18.1 Å². The Balaban J connectivity index is 2.99. The third-order valence-corrected chi connectivity index (χ3v) is 2.15. The molecule has 0 atom stereocenters. The van der Waals surface area contributed by atoms with E-state index in [0.717, 1.165) is 0 Å². The Bertz CT molecular complexity index is 446. The van der Waals surface area contributed by atoms with Gasteiger partial charge in [-0.3, -0.25) is 0 Å². The minimum Gasteiger partial charge on any atom is -0.467 e. The van der Waals surface area contributed by atoms with Gasteiger partial charge >= 0.3 is 12.1 Å². The summed E-state index contributed by atoms with van der Waals surface area (Å²) in [6.07, 6.45) is -3.97. The summed E-state index contributed by atoms with van der Waals surface area (Å²) in [5, 5.41) is 0. The van der Waals surface area contributed by atoms with Gasteiger partial charge in [-0.15, -0.1) is 0 Å². The van der Waals surface area contributed by atoms with Gasteiger partial charge in [-0.1, -0.05) is 6.92 Å². The van der Waals surface area contributed by atoms with Crippen LogP contribution in [0.1, 0.15) is 29.9 Å². The zero-order chi connectivity index (χ0) is 14.5. The molecule has 1 heterocycles. The van der Waals surface area contributed by atoms with E-state index in [9.17, 15) is 18.0 Å². The van der Waals surface area contributed by atoms with Gasteiger partial charge in [0.25, 0.3) is 0 Å². The number of carbonyl (C=O) groups is 1. The summed E-state index contributed by atoms with van der Waals surface area (Å²) in [6.45, 7) is 2.01. The highest BCUT2D eigenvalue weighted by molar-refractivity contribution is 5.91. The second kappa shape index (κ2) is 6.40. The standard InChI is InChI=1S/C12H14F3NO3/c1-3-8-5-6-9(11(17)18-4-2)10(16-8)19-7-12(13,14)15/h5-6H,3-4,7H2,1-2H3. The number of aryl methyl sites for hydroxylation is 1. The molecule has 0 aliphatic carbocycles. The van der Waals surface area contributed by atoms with Crippen LogP contribution in [0.4, 0.5) is 13.2 Å². The van der Waals surface area contributed by atoms with Gasteiger partial charge in [-0.2, -0.15) is 13.2 Å². The fourth-order valence-electron chi connectivity index (χ4n) is 1.30. The summed E-state index contributed by atoms with van der Waals surface area (Å²) in [6, 6.07) is 2.90. The predicted octanol–water partition coefficient (Wildman–Crippen LogP) is 2.76. The van der Waals surface area contributed by atoms with Gasteiger partial charge in [-0.25, -0.2) is 9.78 Å². The quantitative estimate of drug-likeness (QED) is 0.776. The Morgan fingerprint density at radius 1 is 1.32 bits per heavy atom. The van der Waals surface area contributed by atoms with Crippen molar-refractivity contribution in [2.45, 2.75) is 26.4 Å². The van der Waals surface area contributed by atoms with Gasteiger partial charge < -0.3 is 9.47 Å². The fraction of sp³-hybridized carbons (Fsp3) is 0.500. The highest BCUT2D eigenvalue weighted by atomic mass is 19.4. The molecular weight excluding hydrogens is 263 g/mol. The van der Waals surface area contributed by atoms with Crippen LogP contribution in [0, 0.1) is 0 Å². The van der Waals surface area contributed by atoms with Crippen LogP contribution in [0.2, 0.25) is 0 Å². The van der Waals surface area contributed by atoms with Crippen LogP contribution in [0.5, 0.6) is 5.88 Å². The van der Waals surface area contributed by atoms with Crippen molar-refractivity contribution in [1.82, 2.24) is 4.98 Å². The Morgan fingerprint density at radius 3 is 2.53 bits per heavy atom. The Labute approximate surface area is 108 Å². The number of hydrogen-bond donors (Lipinski definition) is 0. The first-order valence-electron chi connectivity index (χ1n) is 5.74. The van der Waals surface area contributed by atoms with Crippen LogP contribution in [-0.2, 0) is 11.2 Å². The molecule has 0 aliphatic heterocycles. The number of rotatable bonds is 5. The maximum atomic E-state index is 12.1. The number of nitrogens with zero attached hydrogens (tertiary/aromatic N) is 1. The molecule has 19 heavy (non-hydrogen) atoms. The van der Waals surface area contributed by atoms with Gasteiger partial charge in [0.15, 0.2) is 6.61 Å². The third-order valence-electron chi connectivity index (χ3n) is 2.15. The molecule has 0 unspecified atom stereocenters. The molecule has 106 valence electrons. The lowest BCUT2D eigenvalue weighted by Gasteiger charge is -2.12. The maximum Gasteiger partial charge on any atom is 0.422 e. The number of alkyl halides is 3. The van der Waals surface area contributed by atoms with Crippen LogP contribution in [-0.4, -0.2) is 30.3 Å². The first-order valence-corrected chi connectivity index (χ1v) is 5.74. The lowest BCUT2D eigenvalue weighted by molar-refractivity contribution is -0.154. The third kappa shape index (κ3) is 4.76. The van der Waals surface area contributed by atoms with Crippen molar-refractivity contribution in [2.75, 3.05) is 13.2 Å². The maximum absolute atomic E-state index is 12.1. The van der Waals surface area contributed by atoms with Crippen LogP contribution in [0.25, 0.3) is 0 Å². The second-order valence-electron chi connectivity index (χ2n) is 3.63. The Morgan fingerprint density at radius 2 is 2.00 bits per heavy atom. The van der Waals surface area contributed by atoms with E-state index in [1.165, 1.54) is 6.07 Å². The highest BCUT2D eigenvalue weighted by Crippen LogP contribution is 2.22. The minimum absolute atomic E-state index is 0.108. The Kier molecular flexibility index (Phi) is 5.14. The molecular formula is C12H14F3NO3. The van der Waals surface area contributed by atoms with Gasteiger partial charge in [0.1, 0.15) is 5.56 Å². The van der Waals surface area contributed by atoms with E-state index in [1.54, 1.807) is 19.9 Å². The summed E-state index contributed by atoms with van der Waals surface area (Å²) in [7, 11) is 0. The molecule has 0 spiro atoms. The van der Waals surface area contributed by atoms with Crippen LogP contribution in [0.3, 0.4) is 0 Å². The average molecular weight is 277 g/mol. The van der Waals surface area contributed by atoms with Gasteiger partial charge in [0.2, 0.25) is 5.88 Å². The molecule has 1 aromatic heterocycles. The molecule has 1 aromatic rings. The fourth-order valence-corrected chi connectivity index (χ4v) is 1.30. The van der Waals surface area contributed by atoms with Crippen molar-refractivity contribution in [3.63, 3.8) is 0 Å². The summed E-state index contributed by atoms with van der Waals surface area (Å²) in [5.74, 6) is -1.11. The Hall–Kier alpha value is -1.79. The van der Waals surface area contributed by atoms with Crippen LogP contribution >= 0.6 is 0 Å². The number of carbonyl (C=O) groups excluding carboxylic acids is 1. The molecule has 0 fully saturated rings. The number of halogens is 3. The number of ether oxygens (including phenoxy) is 2. The van der Waals surface area contributed by atoms with Crippen LogP contribution in [0.15, 0.2) is 12.1 Å². The molecule has 1 rings (SSSR count). The van der Waals surface area contributed by atoms with Crippen molar-refractivity contribution < 1.29 is 27.4 Å². The monoisotopic (exact) mass is 277 g/mol. The number of pyridine rings is 1. The van der Waals surface area contributed by atoms with Crippen molar-refractivity contribution in [2.24, 2.45) is 0 Å². The largest absolute Gasteiger partial charge is 0.467 e. The van der Waals surface area contributed by atoms with E-state index in [2.05, 4.69) is 9.72 Å². The van der Waals surface area contributed by atoms with E-state index in [4.69, 9.17) is 4.74 Å². The molecule has 0 bridgehead atoms. The second-order valence-corrected chi connectivity index (χ2v) is 3.63. The number of aromatic nitrogens is 1. The van der Waals surface area contributed by atoms with Crippen molar-refractivity contribution in [1.29, 1.82) is 0 Å². The molecule has 0 aromatic carbocycles. The van der Waals surface area contributed by atoms with E-state index in [0.29, 0.717) is 12.1 Å². The summed E-state index contributed by atoms with van der Waals surface area (Å²) >= 11 is 0. The molecule has 0 aliphatic rings. The number of esters is 1. The van der Waals surface area contributed by atoms with Crippen LogP contribution < -0.4 is 4.74 Å². The normalized spacial score (nSPS) is 11.2. The zero-order valence-corrected chi connectivity index (χ0v) is 10.6. The summed E-state index contributed by atoms with van der Waals surface area (Å²) in [4.78, 5) is 15.4. The first kappa shape index (κ1) is 15.3. The minimum atomic E-state index is -4.49.